The minimum Gasteiger partial charge on any atom is -0.330 e. The SMILES string of the molecule is Cc1ccc(C)c(C(N)C(C)CCN)c1. The lowest BCUT2D eigenvalue weighted by atomic mass is 9.89. The molecule has 0 amide bonds. The van der Waals surface area contributed by atoms with Gasteiger partial charge in [-0.1, -0.05) is 30.7 Å². The molecule has 2 unspecified atom stereocenters. The molecule has 0 aliphatic heterocycles. The highest BCUT2D eigenvalue weighted by Gasteiger charge is 2.15. The van der Waals surface area contributed by atoms with Gasteiger partial charge >= 0.3 is 0 Å². The molecule has 2 heteroatoms. The van der Waals surface area contributed by atoms with Crippen molar-refractivity contribution in [1.82, 2.24) is 0 Å². The molecule has 2 nitrogen and oxygen atoms in total. The number of aryl methyl sites for hydroxylation is 2. The molecular formula is C13H22N2. The maximum Gasteiger partial charge on any atom is 0.0324 e. The van der Waals surface area contributed by atoms with Crippen LogP contribution in [0.25, 0.3) is 0 Å². The summed E-state index contributed by atoms with van der Waals surface area (Å²) in [4.78, 5) is 0. The first-order valence-corrected chi connectivity index (χ1v) is 5.59. The summed E-state index contributed by atoms with van der Waals surface area (Å²) in [5.41, 5.74) is 15.6. The smallest absolute Gasteiger partial charge is 0.0324 e. The van der Waals surface area contributed by atoms with Gasteiger partial charge in [0.15, 0.2) is 0 Å². The van der Waals surface area contributed by atoms with Crippen molar-refractivity contribution >= 4 is 0 Å². The first-order chi connectivity index (χ1) is 7.06. The molecular weight excluding hydrogens is 184 g/mol. The van der Waals surface area contributed by atoms with E-state index in [1.807, 2.05) is 0 Å². The Labute approximate surface area is 92.7 Å². The van der Waals surface area contributed by atoms with Gasteiger partial charge in [-0.2, -0.15) is 0 Å². The fraction of sp³-hybridized carbons (Fsp3) is 0.538. The maximum atomic E-state index is 6.24. The molecule has 84 valence electrons. The van der Waals surface area contributed by atoms with Gasteiger partial charge in [0.2, 0.25) is 0 Å². The molecule has 1 aromatic rings. The van der Waals surface area contributed by atoms with Gasteiger partial charge < -0.3 is 11.5 Å². The number of hydrogen-bond acceptors (Lipinski definition) is 2. The van der Waals surface area contributed by atoms with Gasteiger partial charge in [-0.15, -0.1) is 0 Å². The molecule has 4 N–H and O–H groups in total. The highest BCUT2D eigenvalue weighted by atomic mass is 14.7. The van der Waals surface area contributed by atoms with Crippen LogP contribution >= 0.6 is 0 Å². The fourth-order valence-electron chi connectivity index (χ4n) is 1.87. The van der Waals surface area contributed by atoms with E-state index in [0.717, 1.165) is 6.42 Å². The number of nitrogens with two attached hydrogens (primary N) is 2. The average Bonchev–Trinajstić information content (AvgIpc) is 2.21. The Morgan fingerprint density at radius 1 is 1.27 bits per heavy atom. The zero-order chi connectivity index (χ0) is 11.4. The van der Waals surface area contributed by atoms with Crippen LogP contribution in [0.3, 0.4) is 0 Å². The van der Waals surface area contributed by atoms with E-state index in [2.05, 4.69) is 39.0 Å². The van der Waals surface area contributed by atoms with Gasteiger partial charge in [0.05, 0.1) is 0 Å². The van der Waals surface area contributed by atoms with Crippen LogP contribution in [0.5, 0.6) is 0 Å². The summed E-state index contributed by atoms with van der Waals surface area (Å²) < 4.78 is 0. The summed E-state index contributed by atoms with van der Waals surface area (Å²) in [5.74, 6) is 0.440. The van der Waals surface area contributed by atoms with Crippen molar-refractivity contribution in [3.8, 4) is 0 Å². The Morgan fingerprint density at radius 3 is 2.53 bits per heavy atom. The third-order valence-corrected chi connectivity index (χ3v) is 3.03. The molecule has 0 bridgehead atoms. The van der Waals surface area contributed by atoms with Gasteiger partial charge in [-0.3, -0.25) is 0 Å². The molecule has 0 radical (unpaired) electrons. The molecule has 0 saturated heterocycles. The summed E-state index contributed by atoms with van der Waals surface area (Å²) >= 11 is 0. The first-order valence-electron chi connectivity index (χ1n) is 5.59. The van der Waals surface area contributed by atoms with Crippen molar-refractivity contribution in [2.45, 2.75) is 33.2 Å². The Hall–Kier alpha value is -0.860. The predicted octanol–water partition coefficient (Wildman–Crippen LogP) is 2.29. The van der Waals surface area contributed by atoms with E-state index < -0.39 is 0 Å². The van der Waals surface area contributed by atoms with Crippen molar-refractivity contribution in [1.29, 1.82) is 0 Å². The molecule has 0 spiro atoms. The van der Waals surface area contributed by atoms with Crippen LogP contribution in [0.2, 0.25) is 0 Å². The predicted molar refractivity (Wildman–Crippen MR) is 65.7 cm³/mol. The van der Waals surface area contributed by atoms with Crippen molar-refractivity contribution in [3.63, 3.8) is 0 Å². The molecule has 2 atom stereocenters. The molecule has 0 heterocycles. The molecule has 1 aromatic carbocycles. The Kier molecular flexibility index (Phi) is 4.30. The van der Waals surface area contributed by atoms with Crippen LogP contribution in [-0.4, -0.2) is 6.54 Å². The lowest BCUT2D eigenvalue weighted by Crippen LogP contribution is -2.22. The highest BCUT2D eigenvalue weighted by molar-refractivity contribution is 5.33. The van der Waals surface area contributed by atoms with Crippen LogP contribution in [-0.2, 0) is 0 Å². The molecule has 0 aromatic heterocycles. The van der Waals surface area contributed by atoms with E-state index in [4.69, 9.17) is 11.5 Å². The van der Waals surface area contributed by atoms with Gasteiger partial charge in [0.25, 0.3) is 0 Å². The first kappa shape index (κ1) is 12.2. The minimum absolute atomic E-state index is 0.105. The maximum absolute atomic E-state index is 6.24. The average molecular weight is 206 g/mol. The quantitative estimate of drug-likeness (QED) is 0.794. The summed E-state index contributed by atoms with van der Waals surface area (Å²) in [6.07, 6.45) is 0.981. The van der Waals surface area contributed by atoms with Crippen LogP contribution in [0.15, 0.2) is 18.2 Å². The lowest BCUT2D eigenvalue weighted by Gasteiger charge is -2.21. The Bertz CT molecular complexity index is 320. The summed E-state index contributed by atoms with van der Waals surface area (Å²) in [6.45, 7) is 7.09. The standard InChI is InChI=1S/C13H22N2/c1-9-4-5-10(2)12(8-9)13(15)11(3)6-7-14/h4-5,8,11,13H,6-7,14-15H2,1-3H3. The van der Waals surface area contributed by atoms with Gasteiger partial charge in [0, 0.05) is 6.04 Å². The highest BCUT2D eigenvalue weighted by Crippen LogP contribution is 2.25. The Morgan fingerprint density at radius 2 is 1.93 bits per heavy atom. The summed E-state index contributed by atoms with van der Waals surface area (Å²) in [6, 6.07) is 6.56. The van der Waals surface area contributed by atoms with E-state index in [-0.39, 0.29) is 6.04 Å². The van der Waals surface area contributed by atoms with Crippen molar-refractivity contribution in [2.75, 3.05) is 6.54 Å². The Balaban J connectivity index is 2.89. The summed E-state index contributed by atoms with van der Waals surface area (Å²) in [7, 11) is 0. The molecule has 0 aliphatic rings. The lowest BCUT2D eigenvalue weighted by molar-refractivity contribution is 0.443. The monoisotopic (exact) mass is 206 g/mol. The molecule has 0 aliphatic carbocycles. The van der Waals surface area contributed by atoms with Crippen molar-refractivity contribution in [2.24, 2.45) is 17.4 Å². The second kappa shape index (κ2) is 5.29. The number of rotatable bonds is 4. The molecule has 1 rings (SSSR count). The van der Waals surface area contributed by atoms with Gasteiger partial charge in [0.1, 0.15) is 0 Å². The molecule has 0 saturated carbocycles. The van der Waals surface area contributed by atoms with E-state index in [1.54, 1.807) is 0 Å². The van der Waals surface area contributed by atoms with Gasteiger partial charge in [-0.05, 0) is 43.9 Å². The van der Waals surface area contributed by atoms with Crippen molar-refractivity contribution < 1.29 is 0 Å². The fourth-order valence-corrected chi connectivity index (χ4v) is 1.87. The van der Waals surface area contributed by atoms with Crippen LogP contribution < -0.4 is 11.5 Å². The third-order valence-electron chi connectivity index (χ3n) is 3.03. The largest absolute Gasteiger partial charge is 0.330 e. The zero-order valence-corrected chi connectivity index (χ0v) is 9.96. The van der Waals surface area contributed by atoms with Crippen LogP contribution in [0, 0.1) is 19.8 Å². The van der Waals surface area contributed by atoms with Crippen molar-refractivity contribution in [3.05, 3.63) is 34.9 Å². The van der Waals surface area contributed by atoms with E-state index >= 15 is 0 Å². The topological polar surface area (TPSA) is 52.0 Å². The zero-order valence-electron chi connectivity index (χ0n) is 9.96. The van der Waals surface area contributed by atoms with Crippen LogP contribution in [0.1, 0.15) is 36.1 Å². The van der Waals surface area contributed by atoms with E-state index in [9.17, 15) is 0 Å². The normalized spacial score (nSPS) is 15.0. The minimum atomic E-state index is 0.105. The second-order valence-corrected chi connectivity index (χ2v) is 4.44. The number of hydrogen-bond donors (Lipinski definition) is 2. The second-order valence-electron chi connectivity index (χ2n) is 4.44. The van der Waals surface area contributed by atoms with Crippen LogP contribution in [0.4, 0.5) is 0 Å². The summed E-state index contributed by atoms with van der Waals surface area (Å²) in [5, 5.41) is 0. The van der Waals surface area contributed by atoms with E-state index in [0.29, 0.717) is 12.5 Å². The van der Waals surface area contributed by atoms with Gasteiger partial charge in [-0.25, -0.2) is 0 Å². The van der Waals surface area contributed by atoms with E-state index in [1.165, 1.54) is 16.7 Å². The number of benzene rings is 1. The molecule has 0 fully saturated rings. The molecule has 15 heavy (non-hydrogen) atoms. The third kappa shape index (κ3) is 3.05.